The molecule has 1 aromatic heterocycles. The first-order valence-electron chi connectivity index (χ1n) is 5.94. The summed E-state index contributed by atoms with van der Waals surface area (Å²) < 4.78 is 0. The maximum atomic E-state index is 11.6. The molecule has 0 aliphatic rings. The van der Waals surface area contributed by atoms with Gasteiger partial charge in [-0.05, 0) is 18.9 Å². The van der Waals surface area contributed by atoms with Crippen molar-refractivity contribution < 1.29 is 4.84 Å². The van der Waals surface area contributed by atoms with E-state index in [9.17, 15) is 4.79 Å². The van der Waals surface area contributed by atoms with Crippen LogP contribution in [-0.4, -0.2) is 17.8 Å². The molecule has 0 aromatic carbocycles. The average Bonchev–Trinajstić information content (AvgIpc) is 2.38. The molecule has 5 nitrogen and oxygen atoms in total. The molecule has 0 amide bonds. The van der Waals surface area contributed by atoms with Crippen LogP contribution in [0.2, 0.25) is 0 Å². The Morgan fingerprint density at radius 2 is 2.28 bits per heavy atom. The molecule has 0 atom stereocenters. The zero-order valence-electron chi connectivity index (χ0n) is 10.9. The van der Waals surface area contributed by atoms with Gasteiger partial charge >= 0.3 is 0 Å². The number of aryl methyl sites for hydroxylation is 1. The molecule has 5 heteroatoms. The first kappa shape index (κ1) is 14.0. The quantitative estimate of drug-likeness (QED) is 0.638. The van der Waals surface area contributed by atoms with Crippen LogP contribution in [0.3, 0.4) is 0 Å². The predicted octanol–water partition coefficient (Wildman–Crippen LogP) is 1.96. The van der Waals surface area contributed by atoms with E-state index in [0.717, 1.165) is 29.8 Å². The van der Waals surface area contributed by atoms with Gasteiger partial charge in [-0.2, -0.15) is 5.26 Å². The minimum atomic E-state index is -0.355. The van der Waals surface area contributed by atoms with Crippen molar-refractivity contribution in [3.05, 3.63) is 33.2 Å². The van der Waals surface area contributed by atoms with Gasteiger partial charge in [0.15, 0.2) is 0 Å². The molecule has 1 N–H and O–H groups in total. The highest BCUT2D eigenvalue weighted by atomic mass is 16.6. The lowest BCUT2D eigenvalue weighted by Crippen LogP contribution is -2.17. The van der Waals surface area contributed by atoms with Gasteiger partial charge in [0.1, 0.15) is 18.7 Å². The van der Waals surface area contributed by atoms with Crippen molar-refractivity contribution in [2.45, 2.75) is 33.1 Å². The molecule has 1 rings (SSSR count). The van der Waals surface area contributed by atoms with Crippen molar-refractivity contribution >= 4 is 5.71 Å². The maximum absolute atomic E-state index is 11.6. The summed E-state index contributed by atoms with van der Waals surface area (Å²) in [6.45, 7) is 3.98. The second-order valence-electron chi connectivity index (χ2n) is 3.84. The summed E-state index contributed by atoms with van der Waals surface area (Å²) in [5, 5.41) is 12.9. The second-order valence-corrected chi connectivity index (χ2v) is 3.84. The Kier molecular flexibility index (Phi) is 5.12. The Morgan fingerprint density at radius 1 is 1.56 bits per heavy atom. The molecule has 0 aliphatic heterocycles. The molecular weight excluding hydrogens is 230 g/mol. The zero-order valence-corrected chi connectivity index (χ0v) is 10.9. The molecule has 0 aliphatic carbocycles. The lowest BCUT2D eigenvalue weighted by atomic mass is 10.0. The molecule has 0 saturated carbocycles. The lowest BCUT2D eigenvalue weighted by Gasteiger charge is -2.09. The average molecular weight is 247 g/mol. The largest absolute Gasteiger partial charge is 0.399 e. The van der Waals surface area contributed by atoms with Crippen LogP contribution in [0.1, 0.15) is 43.5 Å². The van der Waals surface area contributed by atoms with E-state index < -0.39 is 0 Å². The number of nitrogens with one attached hydrogen (secondary N) is 1. The number of hydrogen-bond acceptors (Lipinski definition) is 4. The molecular formula is C13H17N3O2. The number of aromatic amines is 1. The molecule has 0 saturated heterocycles. The summed E-state index contributed by atoms with van der Waals surface area (Å²) >= 11 is 0. The van der Waals surface area contributed by atoms with E-state index in [2.05, 4.69) is 10.1 Å². The number of oxime groups is 1. The summed E-state index contributed by atoms with van der Waals surface area (Å²) in [6.07, 6.45) is 2.31. The molecule has 0 radical (unpaired) electrons. The number of nitrogens with zero attached hydrogens (tertiary/aromatic N) is 2. The third-order valence-corrected chi connectivity index (χ3v) is 2.60. The standard InChI is InChI=1S/C13H17N3O2/c1-4-6-12(16-18-3)10-7-9(8-14)13(17)15-11(10)5-2/h7H,4-6H2,1-3H3,(H,15,17). The number of H-pyrrole nitrogens is 1. The molecule has 0 spiro atoms. The Balaban J connectivity index is 3.41. The van der Waals surface area contributed by atoms with E-state index in [-0.39, 0.29) is 11.1 Å². The third-order valence-electron chi connectivity index (χ3n) is 2.60. The van der Waals surface area contributed by atoms with Crippen LogP contribution in [0.5, 0.6) is 0 Å². The van der Waals surface area contributed by atoms with Gasteiger partial charge in [-0.15, -0.1) is 0 Å². The summed E-state index contributed by atoms with van der Waals surface area (Å²) in [4.78, 5) is 19.1. The van der Waals surface area contributed by atoms with Gasteiger partial charge in [0, 0.05) is 11.3 Å². The van der Waals surface area contributed by atoms with Gasteiger partial charge in [0.25, 0.3) is 5.56 Å². The van der Waals surface area contributed by atoms with Crippen LogP contribution >= 0.6 is 0 Å². The molecule has 0 fully saturated rings. The van der Waals surface area contributed by atoms with Crippen LogP contribution in [0.4, 0.5) is 0 Å². The van der Waals surface area contributed by atoms with Gasteiger partial charge < -0.3 is 9.82 Å². The van der Waals surface area contributed by atoms with Gasteiger partial charge in [0.2, 0.25) is 0 Å². The highest BCUT2D eigenvalue weighted by Gasteiger charge is 2.12. The third kappa shape index (κ3) is 2.98. The van der Waals surface area contributed by atoms with Crippen molar-refractivity contribution in [3.63, 3.8) is 0 Å². The van der Waals surface area contributed by atoms with Crippen molar-refractivity contribution in [2.24, 2.45) is 5.16 Å². The number of hydrogen-bond donors (Lipinski definition) is 1. The fraction of sp³-hybridized carbons (Fsp3) is 0.462. The van der Waals surface area contributed by atoms with Crippen molar-refractivity contribution in [1.29, 1.82) is 5.26 Å². The van der Waals surface area contributed by atoms with E-state index in [4.69, 9.17) is 10.1 Å². The van der Waals surface area contributed by atoms with E-state index >= 15 is 0 Å². The lowest BCUT2D eigenvalue weighted by molar-refractivity contribution is 0.212. The predicted molar refractivity (Wildman–Crippen MR) is 69.6 cm³/mol. The molecule has 1 heterocycles. The van der Waals surface area contributed by atoms with Crippen molar-refractivity contribution in [2.75, 3.05) is 7.11 Å². The van der Waals surface area contributed by atoms with Crippen LogP contribution in [0, 0.1) is 11.3 Å². The fourth-order valence-corrected chi connectivity index (χ4v) is 1.76. The van der Waals surface area contributed by atoms with Gasteiger partial charge in [0.05, 0.1) is 5.71 Å². The summed E-state index contributed by atoms with van der Waals surface area (Å²) in [6, 6.07) is 3.47. The minimum Gasteiger partial charge on any atom is -0.399 e. The van der Waals surface area contributed by atoms with Gasteiger partial charge in [-0.1, -0.05) is 25.4 Å². The Labute approximate surface area is 106 Å². The molecule has 18 heavy (non-hydrogen) atoms. The molecule has 1 aromatic rings. The molecule has 0 bridgehead atoms. The summed E-state index contributed by atoms with van der Waals surface area (Å²) in [7, 11) is 1.48. The van der Waals surface area contributed by atoms with E-state index in [1.54, 1.807) is 6.07 Å². The smallest absolute Gasteiger partial charge is 0.266 e. The van der Waals surface area contributed by atoms with E-state index in [0.29, 0.717) is 6.42 Å². The first-order chi connectivity index (χ1) is 8.67. The van der Waals surface area contributed by atoms with Crippen molar-refractivity contribution in [1.82, 2.24) is 4.98 Å². The van der Waals surface area contributed by atoms with Crippen molar-refractivity contribution in [3.8, 4) is 6.07 Å². The highest BCUT2D eigenvalue weighted by Crippen LogP contribution is 2.12. The monoisotopic (exact) mass is 247 g/mol. The maximum Gasteiger partial charge on any atom is 0.266 e. The van der Waals surface area contributed by atoms with Gasteiger partial charge in [-0.25, -0.2) is 0 Å². The van der Waals surface area contributed by atoms with Crippen LogP contribution in [-0.2, 0) is 11.3 Å². The minimum absolute atomic E-state index is 0.0992. The van der Waals surface area contributed by atoms with Crippen LogP contribution < -0.4 is 5.56 Å². The number of nitriles is 1. The molecule has 0 unspecified atom stereocenters. The number of aromatic nitrogens is 1. The highest BCUT2D eigenvalue weighted by molar-refractivity contribution is 6.01. The normalized spacial score (nSPS) is 11.1. The van der Waals surface area contributed by atoms with Crippen LogP contribution in [0.15, 0.2) is 16.0 Å². The van der Waals surface area contributed by atoms with Gasteiger partial charge in [-0.3, -0.25) is 4.79 Å². The first-order valence-corrected chi connectivity index (χ1v) is 5.94. The number of pyridine rings is 1. The number of rotatable bonds is 5. The van der Waals surface area contributed by atoms with Crippen LogP contribution in [0.25, 0.3) is 0 Å². The Hall–Kier alpha value is -2.09. The SMILES string of the molecule is CCCC(=NOC)c1cc(C#N)c(=O)[nH]c1CC. The van der Waals surface area contributed by atoms with E-state index in [1.165, 1.54) is 7.11 Å². The topological polar surface area (TPSA) is 78.2 Å². The summed E-state index contributed by atoms with van der Waals surface area (Å²) in [5.74, 6) is 0. The molecule has 96 valence electrons. The zero-order chi connectivity index (χ0) is 13.5. The Morgan fingerprint density at radius 3 is 2.78 bits per heavy atom. The fourth-order valence-electron chi connectivity index (χ4n) is 1.76. The van der Waals surface area contributed by atoms with E-state index in [1.807, 2.05) is 19.9 Å². The summed E-state index contributed by atoms with van der Waals surface area (Å²) in [5.41, 5.74) is 2.07. The second kappa shape index (κ2) is 6.60. The Bertz CT molecular complexity index is 538.